The summed E-state index contributed by atoms with van der Waals surface area (Å²) >= 11 is 0. The van der Waals surface area contributed by atoms with Crippen molar-refractivity contribution in [3.8, 4) is 0 Å². The monoisotopic (exact) mass is 241 g/mol. The largest absolute Gasteiger partial charge is 0.330 e. The van der Waals surface area contributed by atoms with Crippen LogP contribution >= 0.6 is 0 Å². The molecule has 0 spiro atoms. The standard InChI is InChI=1S/C13H17F2NO/c1-8(2)11(7-16)13(17)5-9-3-4-10(14)6-12(9)15/h3-4,6,8,11H,5,7,16H2,1-2H3. The minimum Gasteiger partial charge on any atom is -0.330 e. The Balaban J connectivity index is 2.80. The number of hydrogen-bond donors (Lipinski definition) is 1. The second kappa shape index (κ2) is 5.87. The molecule has 1 rings (SSSR count). The van der Waals surface area contributed by atoms with Gasteiger partial charge in [-0.2, -0.15) is 0 Å². The topological polar surface area (TPSA) is 43.1 Å². The summed E-state index contributed by atoms with van der Waals surface area (Å²) in [6.45, 7) is 4.05. The highest BCUT2D eigenvalue weighted by Gasteiger charge is 2.21. The van der Waals surface area contributed by atoms with E-state index in [0.29, 0.717) is 0 Å². The van der Waals surface area contributed by atoms with E-state index < -0.39 is 11.6 Å². The molecule has 1 aromatic carbocycles. The second-order valence-corrected chi connectivity index (χ2v) is 4.47. The Morgan fingerprint density at radius 3 is 2.47 bits per heavy atom. The molecule has 0 aliphatic carbocycles. The molecule has 1 aromatic rings. The molecule has 94 valence electrons. The van der Waals surface area contributed by atoms with Crippen LogP contribution in [-0.4, -0.2) is 12.3 Å². The van der Waals surface area contributed by atoms with Crippen LogP contribution < -0.4 is 5.73 Å². The summed E-state index contributed by atoms with van der Waals surface area (Å²) < 4.78 is 26.0. The van der Waals surface area contributed by atoms with Gasteiger partial charge in [-0.25, -0.2) is 8.78 Å². The zero-order valence-electron chi connectivity index (χ0n) is 10.0. The number of carbonyl (C=O) groups excluding carboxylic acids is 1. The van der Waals surface area contributed by atoms with E-state index in [1.807, 2.05) is 13.8 Å². The van der Waals surface area contributed by atoms with Crippen LogP contribution in [0.15, 0.2) is 18.2 Å². The van der Waals surface area contributed by atoms with Gasteiger partial charge in [0.05, 0.1) is 0 Å². The third-order valence-electron chi connectivity index (χ3n) is 2.85. The lowest BCUT2D eigenvalue weighted by atomic mass is 9.88. The van der Waals surface area contributed by atoms with E-state index >= 15 is 0 Å². The lowest BCUT2D eigenvalue weighted by Crippen LogP contribution is -2.29. The summed E-state index contributed by atoms with van der Waals surface area (Å²) in [5.41, 5.74) is 5.73. The molecule has 1 atom stereocenters. The number of ketones is 1. The summed E-state index contributed by atoms with van der Waals surface area (Å²) in [6, 6.07) is 3.24. The van der Waals surface area contributed by atoms with Crippen LogP contribution in [0.5, 0.6) is 0 Å². The molecule has 0 heterocycles. The van der Waals surface area contributed by atoms with Crippen molar-refractivity contribution in [2.24, 2.45) is 17.6 Å². The molecule has 2 nitrogen and oxygen atoms in total. The van der Waals surface area contributed by atoms with Gasteiger partial charge in [-0.1, -0.05) is 19.9 Å². The van der Waals surface area contributed by atoms with E-state index in [0.717, 1.165) is 12.1 Å². The van der Waals surface area contributed by atoms with Crippen molar-refractivity contribution in [2.75, 3.05) is 6.54 Å². The predicted octanol–water partition coefficient (Wildman–Crippen LogP) is 2.31. The average molecular weight is 241 g/mol. The molecule has 1 unspecified atom stereocenters. The van der Waals surface area contributed by atoms with Crippen LogP contribution in [0.25, 0.3) is 0 Å². The highest BCUT2D eigenvalue weighted by atomic mass is 19.1. The van der Waals surface area contributed by atoms with E-state index in [1.165, 1.54) is 6.07 Å². The van der Waals surface area contributed by atoms with Crippen molar-refractivity contribution in [1.29, 1.82) is 0 Å². The molecule has 0 saturated heterocycles. The van der Waals surface area contributed by atoms with Crippen molar-refractivity contribution in [2.45, 2.75) is 20.3 Å². The van der Waals surface area contributed by atoms with Gasteiger partial charge in [-0.15, -0.1) is 0 Å². The van der Waals surface area contributed by atoms with Crippen LogP contribution in [-0.2, 0) is 11.2 Å². The van der Waals surface area contributed by atoms with Gasteiger partial charge in [0.25, 0.3) is 0 Å². The van der Waals surface area contributed by atoms with E-state index in [4.69, 9.17) is 5.73 Å². The highest BCUT2D eigenvalue weighted by molar-refractivity contribution is 5.83. The highest BCUT2D eigenvalue weighted by Crippen LogP contribution is 2.16. The lowest BCUT2D eigenvalue weighted by molar-refractivity contribution is -0.123. The zero-order valence-corrected chi connectivity index (χ0v) is 10.0. The van der Waals surface area contributed by atoms with Gasteiger partial charge in [0.15, 0.2) is 0 Å². The van der Waals surface area contributed by atoms with Crippen molar-refractivity contribution >= 4 is 5.78 Å². The number of carbonyl (C=O) groups is 1. The van der Waals surface area contributed by atoms with Crippen molar-refractivity contribution in [3.63, 3.8) is 0 Å². The molecule has 0 bridgehead atoms. The first kappa shape index (κ1) is 13.8. The van der Waals surface area contributed by atoms with Gasteiger partial charge in [-0.05, 0) is 17.5 Å². The molecule has 0 aliphatic heterocycles. The quantitative estimate of drug-likeness (QED) is 0.859. The molecule has 0 fully saturated rings. The molecule has 0 radical (unpaired) electrons. The Morgan fingerprint density at radius 2 is 2.00 bits per heavy atom. The van der Waals surface area contributed by atoms with Crippen LogP contribution in [0.2, 0.25) is 0 Å². The molecule has 0 aliphatic rings. The van der Waals surface area contributed by atoms with Gasteiger partial charge < -0.3 is 5.73 Å². The lowest BCUT2D eigenvalue weighted by Gasteiger charge is -2.17. The third-order valence-corrected chi connectivity index (χ3v) is 2.85. The maximum absolute atomic E-state index is 13.4. The Kier molecular flexibility index (Phi) is 4.75. The van der Waals surface area contributed by atoms with Crippen molar-refractivity contribution in [1.82, 2.24) is 0 Å². The van der Waals surface area contributed by atoms with E-state index in [-0.39, 0.29) is 36.1 Å². The van der Waals surface area contributed by atoms with E-state index in [1.54, 1.807) is 0 Å². The summed E-state index contributed by atoms with van der Waals surface area (Å²) in [4.78, 5) is 11.9. The number of benzene rings is 1. The smallest absolute Gasteiger partial charge is 0.141 e. The maximum atomic E-state index is 13.4. The zero-order chi connectivity index (χ0) is 13.0. The molecular formula is C13H17F2NO. The Hall–Kier alpha value is -1.29. The van der Waals surface area contributed by atoms with Crippen LogP contribution in [0.3, 0.4) is 0 Å². The molecular weight excluding hydrogens is 224 g/mol. The number of nitrogens with two attached hydrogens (primary N) is 1. The minimum absolute atomic E-state index is 0.0356. The SMILES string of the molecule is CC(C)C(CN)C(=O)Cc1ccc(F)cc1F. The Morgan fingerprint density at radius 1 is 1.35 bits per heavy atom. The summed E-state index contributed by atoms with van der Waals surface area (Å²) in [6.07, 6.45) is -0.0356. The van der Waals surface area contributed by atoms with Crippen LogP contribution in [0, 0.1) is 23.5 Å². The van der Waals surface area contributed by atoms with Gasteiger partial charge >= 0.3 is 0 Å². The fraction of sp³-hybridized carbons (Fsp3) is 0.462. The van der Waals surface area contributed by atoms with Crippen molar-refractivity contribution < 1.29 is 13.6 Å². The fourth-order valence-corrected chi connectivity index (χ4v) is 1.76. The number of halogens is 2. The molecule has 0 aromatic heterocycles. The molecule has 17 heavy (non-hydrogen) atoms. The summed E-state index contributed by atoms with van der Waals surface area (Å²) in [7, 11) is 0. The van der Waals surface area contributed by atoms with Crippen molar-refractivity contribution in [3.05, 3.63) is 35.4 Å². The van der Waals surface area contributed by atoms with E-state index in [9.17, 15) is 13.6 Å². The van der Waals surface area contributed by atoms with Crippen LogP contribution in [0.4, 0.5) is 8.78 Å². The molecule has 2 N–H and O–H groups in total. The fourth-order valence-electron chi connectivity index (χ4n) is 1.76. The molecule has 4 heteroatoms. The number of hydrogen-bond acceptors (Lipinski definition) is 2. The normalized spacial score (nSPS) is 12.8. The number of Topliss-reactive ketones (excluding diaryl/α,β-unsaturated/α-hetero) is 1. The molecule has 0 amide bonds. The minimum atomic E-state index is -0.683. The van der Waals surface area contributed by atoms with Gasteiger partial charge in [-0.3, -0.25) is 4.79 Å². The van der Waals surface area contributed by atoms with Gasteiger partial charge in [0, 0.05) is 24.9 Å². The predicted molar refractivity (Wildman–Crippen MR) is 62.5 cm³/mol. The summed E-state index contributed by atoms with van der Waals surface area (Å²) in [5.74, 6) is -1.58. The van der Waals surface area contributed by atoms with E-state index in [2.05, 4.69) is 0 Å². The average Bonchev–Trinajstić information content (AvgIpc) is 2.22. The number of rotatable bonds is 5. The first-order valence-electron chi connectivity index (χ1n) is 5.62. The molecule has 0 saturated carbocycles. The van der Waals surface area contributed by atoms with Crippen LogP contribution in [0.1, 0.15) is 19.4 Å². The Labute approximate surface area is 99.8 Å². The van der Waals surface area contributed by atoms with Gasteiger partial charge in [0.2, 0.25) is 0 Å². The Bertz CT molecular complexity index is 404. The first-order chi connectivity index (χ1) is 7.95. The maximum Gasteiger partial charge on any atom is 0.141 e. The first-order valence-corrected chi connectivity index (χ1v) is 5.62. The summed E-state index contributed by atoms with van der Waals surface area (Å²) in [5, 5.41) is 0. The second-order valence-electron chi connectivity index (χ2n) is 4.47. The third kappa shape index (κ3) is 3.60. The van der Waals surface area contributed by atoms with Gasteiger partial charge in [0.1, 0.15) is 17.4 Å².